The number of rotatable bonds is 3. The molecule has 0 aromatic heterocycles. The van der Waals surface area contributed by atoms with E-state index in [9.17, 15) is 30.3 Å². The van der Waals surface area contributed by atoms with Crippen LogP contribution in [-0.4, -0.2) is 68.3 Å². The Kier molecular flexibility index (Phi) is 3.84. The van der Waals surface area contributed by atoms with Crippen LogP contribution in [0.25, 0.3) is 0 Å². The molecular weight excluding hydrogens is 224 g/mol. The van der Waals surface area contributed by atoms with Crippen LogP contribution in [0.1, 0.15) is 6.42 Å². The first-order valence-electron chi connectivity index (χ1n) is 4.58. The molecule has 0 aromatic carbocycles. The van der Waals surface area contributed by atoms with Crippen molar-refractivity contribution in [2.75, 3.05) is 6.61 Å². The summed E-state index contributed by atoms with van der Waals surface area (Å²) < 4.78 is 4.54. The van der Waals surface area contributed by atoms with Crippen molar-refractivity contribution < 1.29 is 40.2 Å². The third-order valence-corrected chi connectivity index (χ3v) is 2.43. The summed E-state index contributed by atoms with van der Waals surface area (Å²) in [5.41, 5.74) is 0. The Hall–Kier alpha value is -0.770. The molecule has 94 valence electrons. The summed E-state index contributed by atoms with van der Waals surface area (Å²) >= 11 is 0. The maximum atomic E-state index is 10.6. The molecule has 0 amide bonds. The second-order valence-electron chi connectivity index (χ2n) is 3.67. The van der Waals surface area contributed by atoms with Crippen molar-refractivity contribution in [2.45, 2.75) is 36.6 Å². The lowest BCUT2D eigenvalue weighted by atomic mass is 9.93. The van der Waals surface area contributed by atoms with E-state index in [-0.39, 0.29) is 0 Å². The van der Waals surface area contributed by atoms with E-state index in [4.69, 9.17) is 5.11 Å². The van der Waals surface area contributed by atoms with Crippen molar-refractivity contribution in [3.05, 3.63) is 0 Å². The normalized spacial score (nSPS) is 41.7. The van der Waals surface area contributed by atoms with E-state index in [2.05, 4.69) is 4.74 Å². The molecule has 8 heteroatoms. The van der Waals surface area contributed by atoms with Gasteiger partial charge in [0, 0.05) is 6.42 Å². The zero-order valence-corrected chi connectivity index (χ0v) is 8.18. The molecule has 1 aliphatic heterocycles. The van der Waals surface area contributed by atoms with Crippen molar-refractivity contribution in [3.63, 3.8) is 0 Å². The van der Waals surface area contributed by atoms with Crippen LogP contribution in [0.5, 0.6) is 0 Å². The SMILES string of the molecule is O=C([O-])C1(O)CC(O)C(O)C(C(O)CO)O1. The third kappa shape index (κ3) is 2.32. The fourth-order valence-corrected chi connectivity index (χ4v) is 1.51. The molecule has 1 rings (SSSR count). The minimum Gasteiger partial charge on any atom is -0.544 e. The fraction of sp³-hybridized carbons (Fsp3) is 0.875. The van der Waals surface area contributed by atoms with Gasteiger partial charge in [-0.15, -0.1) is 0 Å². The largest absolute Gasteiger partial charge is 0.544 e. The molecule has 0 saturated carbocycles. The smallest absolute Gasteiger partial charge is 0.210 e. The lowest BCUT2D eigenvalue weighted by Crippen LogP contribution is -2.64. The summed E-state index contributed by atoms with van der Waals surface area (Å²) in [4.78, 5) is 10.6. The van der Waals surface area contributed by atoms with Crippen LogP contribution in [0.15, 0.2) is 0 Å². The number of hydrogen-bond donors (Lipinski definition) is 5. The molecule has 0 aromatic rings. The average Bonchev–Trinajstić information content (AvgIpc) is 2.22. The number of aliphatic carboxylic acids is 1. The molecule has 1 fully saturated rings. The molecule has 5 N–H and O–H groups in total. The van der Waals surface area contributed by atoms with Crippen LogP contribution in [0.2, 0.25) is 0 Å². The Bertz CT molecular complexity index is 269. The standard InChI is InChI=1S/C8H14O8/c9-2-4(11)6-5(12)3(10)1-8(15,16-6)7(13)14/h3-6,9-12,15H,1-2H2,(H,13,14)/p-1. The van der Waals surface area contributed by atoms with Crippen LogP contribution in [0.4, 0.5) is 0 Å². The van der Waals surface area contributed by atoms with Gasteiger partial charge in [0.05, 0.1) is 12.7 Å². The predicted molar refractivity (Wildman–Crippen MR) is 44.6 cm³/mol. The van der Waals surface area contributed by atoms with E-state index in [1.54, 1.807) is 0 Å². The predicted octanol–water partition coefficient (Wildman–Crippen LogP) is -4.71. The Labute approximate surface area is 90.3 Å². The van der Waals surface area contributed by atoms with Crippen LogP contribution in [0.3, 0.4) is 0 Å². The third-order valence-electron chi connectivity index (χ3n) is 2.43. The van der Waals surface area contributed by atoms with E-state index in [1.165, 1.54) is 0 Å². The highest BCUT2D eigenvalue weighted by Gasteiger charge is 2.48. The van der Waals surface area contributed by atoms with Gasteiger partial charge in [0.25, 0.3) is 0 Å². The monoisotopic (exact) mass is 237 g/mol. The van der Waals surface area contributed by atoms with Gasteiger partial charge in [-0.2, -0.15) is 0 Å². The van der Waals surface area contributed by atoms with Gasteiger partial charge in [-0.1, -0.05) is 0 Å². The lowest BCUT2D eigenvalue weighted by Gasteiger charge is -2.43. The van der Waals surface area contributed by atoms with Gasteiger partial charge in [0.1, 0.15) is 24.3 Å². The first-order valence-corrected chi connectivity index (χ1v) is 4.58. The second kappa shape index (κ2) is 4.62. The summed E-state index contributed by atoms with van der Waals surface area (Å²) in [5.74, 6) is -4.78. The van der Waals surface area contributed by atoms with Crippen molar-refractivity contribution >= 4 is 5.97 Å². The van der Waals surface area contributed by atoms with Crippen molar-refractivity contribution in [2.24, 2.45) is 0 Å². The Balaban J connectivity index is 2.89. The van der Waals surface area contributed by atoms with E-state index in [1.807, 2.05) is 0 Å². The van der Waals surface area contributed by atoms with Gasteiger partial charge < -0.3 is 40.2 Å². The van der Waals surface area contributed by atoms with E-state index in [0.29, 0.717) is 0 Å². The summed E-state index contributed by atoms with van der Waals surface area (Å²) in [6, 6.07) is 0. The zero-order valence-electron chi connectivity index (χ0n) is 8.18. The molecule has 1 heterocycles. The summed E-state index contributed by atoms with van der Waals surface area (Å²) in [5, 5.41) is 56.5. The van der Waals surface area contributed by atoms with E-state index < -0.39 is 49.2 Å². The maximum absolute atomic E-state index is 10.6. The Morgan fingerprint density at radius 2 is 2.12 bits per heavy atom. The number of aliphatic hydroxyl groups excluding tert-OH is 4. The summed E-state index contributed by atoms with van der Waals surface area (Å²) in [7, 11) is 0. The van der Waals surface area contributed by atoms with Gasteiger partial charge in [0.15, 0.2) is 0 Å². The highest BCUT2D eigenvalue weighted by atomic mass is 16.7. The van der Waals surface area contributed by atoms with Crippen molar-refractivity contribution in [1.29, 1.82) is 0 Å². The molecule has 5 atom stereocenters. The number of ether oxygens (including phenoxy) is 1. The molecule has 1 saturated heterocycles. The molecule has 0 spiro atoms. The molecule has 5 unspecified atom stereocenters. The maximum Gasteiger partial charge on any atom is 0.210 e. The van der Waals surface area contributed by atoms with Gasteiger partial charge in [-0.05, 0) is 0 Å². The quantitative estimate of drug-likeness (QED) is 0.328. The van der Waals surface area contributed by atoms with Gasteiger partial charge in [0.2, 0.25) is 5.79 Å². The molecule has 0 radical (unpaired) electrons. The van der Waals surface area contributed by atoms with Gasteiger partial charge >= 0.3 is 0 Å². The number of carbonyl (C=O) groups is 1. The molecule has 8 nitrogen and oxygen atoms in total. The first kappa shape index (κ1) is 13.3. The fourth-order valence-electron chi connectivity index (χ4n) is 1.51. The minimum atomic E-state index is -2.79. The average molecular weight is 237 g/mol. The highest BCUT2D eigenvalue weighted by Crippen LogP contribution is 2.28. The van der Waals surface area contributed by atoms with Crippen LogP contribution in [-0.2, 0) is 9.53 Å². The minimum absolute atomic E-state index is 0.787. The van der Waals surface area contributed by atoms with Crippen LogP contribution in [0, 0.1) is 0 Å². The molecule has 0 bridgehead atoms. The highest BCUT2D eigenvalue weighted by molar-refractivity contribution is 5.73. The summed E-state index contributed by atoms with van der Waals surface area (Å²) in [6.07, 6.45) is -7.25. The second-order valence-corrected chi connectivity index (χ2v) is 3.67. The van der Waals surface area contributed by atoms with E-state index in [0.717, 1.165) is 0 Å². The number of aliphatic hydroxyl groups is 5. The van der Waals surface area contributed by atoms with Crippen molar-refractivity contribution in [1.82, 2.24) is 0 Å². The lowest BCUT2D eigenvalue weighted by molar-refractivity contribution is -0.378. The van der Waals surface area contributed by atoms with Crippen LogP contribution < -0.4 is 5.11 Å². The van der Waals surface area contributed by atoms with Crippen molar-refractivity contribution in [3.8, 4) is 0 Å². The molecule has 0 aliphatic carbocycles. The van der Waals surface area contributed by atoms with E-state index >= 15 is 0 Å². The molecule has 16 heavy (non-hydrogen) atoms. The Morgan fingerprint density at radius 3 is 2.56 bits per heavy atom. The Morgan fingerprint density at radius 1 is 1.56 bits per heavy atom. The summed E-state index contributed by atoms with van der Waals surface area (Å²) in [6.45, 7) is -0.822. The van der Waals surface area contributed by atoms with Crippen LogP contribution >= 0.6 is 0 Å². The number of hydrogen-bond acceptors (Lipinski definition) is 8. The molecular formula is C8H13O8-. The first-order chi connectivity index (χ1) is 7.31. The number of carboxylic acid groups (broad SMARTS) is 1. The van der Waals surface area contributed by atoms with Gasteiger partial charge in [-0.25, -0.2) is 0 Å². The molecule has 1 aliphatic rings. The van der Waals surface area contributed by atoms with Gasteiger partial charge in [-0.3, -0.25) is 0 Å². The number of carbonyl (C=O) groups excluding carboxylic acids is 1. The zero-order chi connectivity index (χ0) is 12.5. The topological polar surface area (TPSA) is 151 Å². The number of carboxylic acids is 1.